The predicted octanol–water partition coefficient (Wildman–Crippen LogP) is 2.49. The fraction of sp³-hybridized carbons (Fsp3) is 0.500. The Morgan fingerprint density at radius 3 is 2.52 bits per heavy atom. The molecule has 0 aliphatic heterocycles. The van der Waals surface area contributed by atoms with Crippen LogP contribution >= 0.6 is 0 Å². The predicted molar refractivity (Wildman–Crippen MR) is 87.1 cm³/mol. The van der Waals surface area contributed by atoms with Gasteiger partial charge in [-0.2, -0.15) is 8.42 Å². The van der Waals surface area contributed by atoms with Crippen LogP contribution in [0, 0.1) is 5.92 Å². The highest BCUT2D eigenvalue weighted by molar-refractivity contribution is 7.87. The first-order valence-corrected chi connectivity index (χ1v) is 8.95. The lowest BCUT2D eigenvalue weighted by atomic mass is 9.87. The van der Waals surface area contributed by atoms with E-state index in [4.69, 9.17) is 0 Å². The zero-order valence-corrected chi connectivity index (χ0v) is 13.5. The van der Waals surface area contributed by atoms with Crippen LogP contribution in [0.25, 0.3) is 5.57 Å². The van der Waals surface area contributed by atoms with Crippen LogP contribution in [-0.4, -0.2) is 22.0 Å². The SMILES string of the molecule is CNS(=O)(=O)NCCc1ccc(C2=CCC(C)CC2)cc1. The highest BCUT2D eigenvalue weighted by Gasteiger charge is 2.11. The maximum Gasteiger partial charge on any atom is 0.276 e. The van der Waals surface area contributed by atoms with E-state index < -0.39 is 10.2 Å². The molecular formula is C16H24N2O2S. The summed E-state index contributed by atoms with van der Waals surface area (Å²) in [5.41, 5.74) is 3.87. The molecule has 0 spiro atoms. The number of allylic oxidation sites excluding steroid dienone is 2. The van der Waals surface area contributed by atoms with Gasteiger partial charge in [-0.3, -0.25) is 0 Å². The standard InChI is InChI=1S/C16H24N2O2S/c1-13-3-7-15(8-4-13)16-9-5-14(6-10-16)11-12-18-21(19,20)17-2/h5-7,9-10,13,17-18H,3-4,8,11-12H2,1-2H3. The molecule has 1 unspecified atom stereocenters. The van der Waals surface area contributed by atoms with E-state index in [1.54, 1.807) is 0 Å². The molecule has 0 saturated carbocycles. The van der Waals surface area contributed by atoms with Crippen molar-refractivity contribution in [3.63, 3.8) is 0 Å². The maximum atomic E-state index is 11.2. The summed E-state index contributed by atoms with van der Waals surface area (Å²) in [6.45, 7) is 2.70. The number of nitrogens with one attached hydrogen (secondary N) is 2. The third-order valence-corrected chi connectivity index (χ3v) is 5.09. The number of hydrogen-bond donors (Lipinski definition) is 2. The number of hydrogen-bond acceptors (Lipinski definition) is 2. The van der Waals surface area contributed by atoms with Gasteiger partial charge in [-0.1, -0.05) is 37.3 Å². The molecular weight excluding hydrogens is 284 g/mol. The highest BCUT2D eigenvalue weighted by atomic mass is 32.2. The molecule has 1 aliphatic rings. The van der Waals surface area contributed by atoms with Crippen LogP contribution in [0.5, 0.6) is 0 Å². The average Bonchev–Trinajstić information content (AvgIpc) is 2.49. The maximum absolute atomic E-state index is 11.2. The summed E-state index contributed by atoms with van der Waals surface area (Å²) in [7, 11) is -1.93. The molecule has 116 valence electrons. The van der Waals surface area contributed by atoms with Crippen molar-refractivity contribution in [1.82, 2.24) is 9.44 Å². The molecule has 0 amide bonds. The van der Waals surface area contributed by atoms with Crippen molar-refractivity contribution in [1.29, 1.82) is 0 Å². The van der Waals surface area contributed by atoms with E-state index in [9.17, 15) is 8.42 Å². The first kappa shape index (κ1) is 16.2. The smallest absolute Gasteiger partial charge is 0.205 e. The lowest BCUT2D eigenvalue weighted by Gasteiger charge is -2.18. The van der Waals surface area contributed by atoms with E-state index in [1.165, 1.54) is 31.0 Å². The second kappa shape index (κ2) is 7.20. The second-order valence-corrected chi connectivity index (χ2v) is 7.36. The Balaban J connectivity index is 1.90. The van der Waals surface area contributed by atoms with Crippen molar-refractivity contribution < 1.29 is 8.42 Å². The highest BCUT2D eigenvalue weighted by Crippen LogP contribution is 2.29. The lowest BCUT2D eigenvalue weighted by Crippen LogP contribution is -2.35. The Morgan fingerprint density at radius 2 is 1.95 bits per heavy atom. The van der Waals surface area contributed by atoms with Crippen molar-refractivity contribution in [3.05, 3.63) is 41.5 Å². The van der Waals surface area contributed by atoms with Crippen LogP contribution in [0.2, 0.25) is 0 Å². The molecule has 0 radical (unpaired) electrons. The summed E-state index contributed by atoms with van der Waals surface area (Å²) in [5.74, 6) is 0.799. The van der Waals surface area contributed by atoms with E-state index in [-0.39, 0.29) is 0 Å². The Morgan fingerprint density at radius 1 is 1.24 bits per heavy atom. The summed E-state index contributed by atoms with van der Waals surface area (Å²) in [6.07, 6.45) is 6.63. The van der Waals surface area contributed by atoms with E-state index in [2.05, 4.69) is 46.7 Å². The molecule has 4 nitrogen and oxygen atoms in total. The van der Waals surface area contributed by atoms with Gasteiger partial charge in [0, 0.05) is 13.6 Å². The Bertz CT molecular complexity index is 591. The molecule has 2 rings (SSSR count). The number of benzene rings is 1. The van der Waals surface area contributed by atoms with E-state index >= 15 is 0 Å². The third-order valence-electron chi connectivity index (χ3n) is 3.97. The largest absolute Gasteiger partial charge is 0.276 e. The number of rotatable bonds is 6. The molecule has 1 aromatic rings. The van der Waals surface area contributed by atoms with Crippen molar-refractivity contribution in [2.24, 2.45) is 5.92 Å². The summed E-state index contributed by atoms with van der Waals surface area (Å²) in [4.78, 5) is 0. The zero-order valence-electron chi connectivity index (χ0n) is 12.7. The quantitative estimate of drug-likeness (QED) is 0.848. The van der Waals surface area contributed by atoms with E-state index in [1.807, 2.05) is 0 Å². The molecule has 21 heavy (non-hydrogen) atoms. The van der Waals surface area contributed by atoms with Crippen LogP contribution in [0.15, 0.2) is 30.3 Å². The molecule has 2 N–H and O–H groups in total. The summed E-state index contributed by atoms with van der Waals surface area (Å²) in [6, 6.07) is 8.46. The van der Waals surface area contributed by atoms with Gasteiger partial charge >= 0.3 is 0 Å². The minimum absolute atomic E-state index is 0.405. The Kier molecular flexibility index (Phi) is 5.56. The molecule has 1 atom stereocenters. The summed E-state index contributed by atoms with van der Waals surface area (Å²) < 4.78 is 27.2. The van der Waals surface area contributed by atoms with Gasteiger partial charge in [0.05, 0.1) is 0 Å². The Hall–Kier alpha value is -1.17. The molecule has 5 heteroatoms. The summed E-state index contributed by atoms with van der Waals surface area (Å²) in [5, 5.41) is 0. The molecule has 0 aromatic heterocycles. The molecule has 0 heterocycles. The minimum atomic E-state index is -3.33. The molecule has 0 fully saturated rings. The van der Waals surface area contributed by atoms with Crippen LogP contribution in [-0.2, 0) is 16.6 Å². The molecule has 1 aliphatic carbocycles. The van der Waals surface area contributed by atoms with Crippen LogP contribution < -0.4 is 9.44 Å². The van der Waals surface area contributed by atoms with Gasteiger partial charge in [0.2, 0.25) is 0 Å². The molecule has 0 bridgehead atoms. The monoisotopic (exact) mass is 308 g/mol. The fourth-order valence-electron chi connectivity index (χ4n) is 2.51. The van der Waals surface area contributed by atoms with Gasteiger partial charge in [0.25, 0.3) is 10.2 Å². The zero-order chi connectivity index (χ0) is 15.3. The van der Waals surface area contributed by atoms with E-state index in [0.717, 1.165) is 17.9 Å². The lowest BCUT2D eigenvalue weighted by molar-refractivity contribution is 0.534. The van der Waals surface area contributed by atoms with Crippen molar-refractivity contribution in [2.45, 2.75) is 32.6 Å². The van der Waals surface area contributed by atoms with Gasteiger partial charge < -0.3 is 0 Å². The molecule has 1 aromatic carbocycles. The topological polar surface area (TPSA) is 58.2 Å². The third kappa shape index (κ3) is 4.95. The van der Waals surface area contributed by atoms with Crippen molar-refractivity contribution in [3.8, 4) is 0 Å². The normalized spacial score (nSPS) is 19.3. The van der Waals surface area contributed by atoms with Crippen molar-refractivity contribution >= 4 is 15.8 Å². The van der Waals surface area contributed by atoms with Gasteiger partial charge in [-0.15, -0.1) is 0 Å². The van der Waals surface area contributed by atoms with Crippen LogP contribution in [0.4, 0.5) is 0 Å². The second-order valence-electron chi connectivity index (χ2n) is 5.66. The van der Waals surface area contributed by atoms with Crippen LogP contribution in [0.3, 0.4) is 0 Å². The fourth-order valence-corrected chi connectivity index (χ4v) is 3.03. The van der Waals surface area contributed by atoms with Gasteiger partial charge in [-0.25, -0.2) is 9.44 Å². The summed E-state index contributed by atoms with van der Waals surface area (Å²) >= 11 is 0. The van der Waals surface area contributed by atoms with Gasteiger partial charge in [0.15, 0.2) is 0 Å². The van der Waals surface area contributed by atoms with Gasteiger partial charge in [-0.05, 0) is 48.3 Å². The van der Waals surface area contributed by atoms with Gasteiger partial charge in [0.1, 0.15) is 0 Å². The Labute approximate surface area is 127 Å². The van der Waals surface area contributed by atoms with E-state index in [0.29, 0.717) is 13.0 Å². The average molecular weight is 308 g/mol. The first-order chi connectivity index (χ1) is 10.00. The first-order valence-electron chi connectivity index (χ1n) is 7.46. The minimum Gasteiger partial charge on any atom is -0.205 e. The molecule has 0 saturated heterocycles. The van der Waals surface area contributed by atoms with Crippen molar-refractivity contribution in [2.75, 3.05) is 13.6 Å². The van der Waals surface area contributed by atoms with Crippen LogP contribution in [0.1, 0.15) is 37.3 Å².